The predicted molar refractivity (Wildman–Crippen MR) is 90.2 cm³/mol. The molecule has 2 N–H and O–H groups in total. The van der Waals surface area contributed by atoms with Gasteiger partial charge in [-0.15, -0.1) is 23.2 Å². The Morgan fingerprint density at radius 2 is 1.90 bits per heavy atom. The zero-order chi connectivity index (χ0) is 15.1. The summed E-state index contributed by atoms with van der Waals surface area (Å²) in [6.07, 6.45) is 9.46. The molecular weight excluding hydrogens is 329 g/mol. The van der Waals surface area contributed by atoms with Crippen molar-refractivity contribution in [1.29, 1.82) is 0 Å². The van der Waals surface area contributed by atoms with E-state index in [0.29, 0.717) is 18.3 Å². The number of aromatic nitrogens is 4. The van der Waals surface area contributed by atoms with Crippen LogP contribution in [-0.4, -0.2) is 37.0 Å². The standard InChI is InChI=1S/C13H15Cl2N5S/c14-5-1-3-7-20-9-17-10-11(20)18-13(16)19-12(10)21-8-4-2-6-15/h1-4,9H,5-8H2,(H2,16,18,19)/b3-1+,4-2+. The maximum atomic E-state index is 5.78. The summed E-state index contributed by atoms with van der Waals surface area (Å²) in [5.41, 5.74) is 7.27. The van der Waals surface area contributed by atoms with Gasteiger partial charge in [0.1, 0.15) is 10.5 Å². The average molecular weight is 344 g/mol. The lowest BCUT2D eigenvalue weighted by Crippen LogP contribution is -2.01. The van der Waals surface area contributed by atoms with Crippen LogP contribution >= 0.6 is 35.0 Å². The Morgan fingerprint density at radius 3 is 2.67 bits per heavy atom. The molecule has 0 bridgehead atoms. The third kappa shape index (κ3) is 4.36. The summed E-state index contributed by atoms with van der Waals surface area (Å²) in [6, 6.07) is 0. The number of fused-ring (bicyclic) bond motifs is 1. The van der Waals surface area contributed by atoms with Crippen LogP contribution in [-0.2, 0) is 6.54 Å². The lowest BCUT2D eigenvalue weighted by Gasteiger charge is -2.03. The molecule has 0 amide bonds. The SMILES string of the molecule is Nc1nc(SC/C=C/CCl)c2ncn(C/C=C/CCl)c2n1. The van der Waals surface area contributed by atoms with Gasteiger partial charge in [0, 0.05) is 24.1 Å². The quantitative estimate of drug-likeness (QED) is 0.362. The molecule has 21 heavy (non-hydrogen) atoms. The second-order valence-electron chi connectivity index (χ2n) is 4.02. The molecule has 5 nitrogen and oxygen atoms in total. The van der Waals surface area contributed by atoms with Crippen molar-refractivity contribution in [3.63, 3.8) is 0 Å². The number of nitrogens with two attached hydrogens (primary N) is 1. The molecule has 0 unspecified atom stereocenters. The van der Waals surface area contributed by atoms with Gasteiger partial charge in [-0.2, -0.15) is 4.98 Å². The average Bonchev–Trinajstić information content (AvgIpc) is 2.87. The third-order valence-corrected chi connectivity index (χ3v) is 3.85. The van der Waals surface area contributed by atoms with E-state index in [-0.39, 0.29) is 5.95 Å². The van der Waals surface area contributed by atoms with Gasteiger partial charge in [0.15, 0.2) is 5.65 Å². The minimum absolute atomic E-state index is 0.245. The zero-order valence-corrected chi connectivity index (χ0v) is 13.6. The molecule has 0 aliphatic carbocycles. The smallest absolute Gasteiger partial charge is 0.223 e. The van der Waals surface area contributed by atoms with Crippen molar-refractivity contribution < 1.29 is 0 Å². The van der Waals surface area contributed by atoms with E-state index in [2.05, 4.69) is 15.0 Å². The van der Waals surface area contributed by atoms with Crippen molar-refractivity contribution in [3.8, 4) is 0 Å². The van der Waals surface area contributed by atoms with Crippen molar-refractivity contribution >= 4 is 52.1 Å². The zero-order valence-electron chi connectivity index (χ0n) is 11.2. The number of hydrogen-bond donors (Lipinski definition) is 1. The Hall–Kier alpha value is -1.24. The fraction of sp³-hybridized carbons (Fsp3) is 0.308. The van der Waals surface area contributed by atoms with Crippen molar-refractivity contribution in [2.24, 2.45) is 0 Å². The first-order valence-corrected chi connectivity index (χ1v) is 8.34. The number of nitrogens with zero attached hydrogens (tertiary/aromatic N) is 4. The molecule has 0 radical (unpaired) electrons. The van der Waals surface area contributed by atoms with Crippen LogP contribution in [0.4, 0.5) is 5.95 Å². The number of anilines is 1. The molecule has 2 rings (SSSR count). The number of halogens is 2. The molecule has 0 aliphatic rings. The van der Waals surface area contributed by atoms with Crippen LogP contribution in [0.1, 0.15) is 0 Å². The molecule has 0 spiro atoms. The Balaban J connectivity index is 2.25. The normalized spacial score (nSPS) is 12.1. The topological polar surface area (TPSA) is 69.6 Å². The van der Waals surface area contributed by atoms with E-state index in [0.717, 1.165) is 21.9 Å². The van der Waals surface area contributed by atoms with E-state index in [4.69, 9.17) is 28.9 Å². The molecule has 0 saturated carbocycles. The number of hydrogen-bond acceptors (Lipinski definition) is 5. The molecule has 2 aromatic rings. The molecular formula is C13H15Cl2N5S. The third-order valence-electron chi connectivity index (χ3n) is 2.58. The summed E-state index contributed by atoms with van der Waals surface area (Å²) < 4.78 is 1.91. The molecule has 112 valence electrons. The van der Waals surface area contributed by atoms with Crippen LogP contribution in [0.15, 0.2) is 35.7 Å². The maximum Gasteiger partial charge on any atom is 0.223 e. The molecule has 0 aromatic carbocycles. The highest BCUT2D eigenvalue weighted by atomic mass is 35.5. The van der Waals surface area contributed by atoms with Gasteiger partial charge in [0.25, 0.3) is 0 Å². The lowest BCUT2D eigenvalue weighted by atomic mass is 10.5. The molecule has 0 atom stereocenters. The Bertz CT molecular complexity index is 653. The Kier molecular flexibility index (Phi) is 6.35. The van der Waals surface area contributed by atoms with Crippen molar-refractivity contribution in [1.82, 2.24) is 19.5 Å². The minimum atomic E-state index is 0.245. The van der Waals surface area contributed by atoms with E-state index in [1.54, 1.807) is 18.1 Å². The first-order chi connectivity index (χ1) is 10.3. The number of nitrogen functional groups attached to an aromatic ring is 1. The van der Waals surface area contributed by atoms with Gasteiger partial charge in [-0.1, -0.05) is 36.1 Å². The fourth-order valence-corrected chi connectivity index (χ4v) is 2.76. The van der Waals surface area contributed by atoms with E-state index in [1.165, 1.54) is 0 Å². The van der Waals surface area contributed by atoms with Crippen LogP contribution in [0.3, 0.4) is 0 Å². The fourth-order valence-electron chi connectivity index (χ4n) is 1.68. The predicted octanol–water partition coefficient (Wildman–Crippen LogP) is 3.09. The monoisotopic (exact) mass is 343 g/mol. The van der Waals surface area contributed by atoms with Crippen LogP contribution in [0.5, 0.6) is 0 Å². The van der Waals surface area contributed by atoms with Gasteiger partial charge in [-0.3, -0.25) is 0 Å². The first-order valence-electron chi connectivity index (χ1n) is 6.29. The second-order valence-corrected chi connectivity index (χ2v) is 5.64. The van der Waals surface area contributed by atoms with Gasteiger partial charge in [-0.05, 0) is 0 Å². The second kappa shape index (κ2) is 8.26. The van der Waals surface area contributed by atoms with Gasteiger partial charge >= 0.3 is 0 Å². The largest absolute Gasteiger partial charge is 0.368 e. The lowest BCUT2D eigenvalue weighted by molar-refractivity contribution is 0.836. The van der Waals surface area contributed by atoms with Gasteiger partial charge < -0.3 is 10.3 Å². The Morgan fingerprint density at radius 1 is 1.14 bits per heavy atom. The van der Waals surface area contributed by atoms with Crippen LogP contribution < -0.4 is 5.73 Å². The molecule has 0 aliphatic heterocycles. The van der Waals surface area contributed by atoms with E-state index >= 15 is 0 Å². The number of allylic oxidation sites excluding steroid dienone is 3. The van der Waals surface area contributed by atoms with Gasteiger partial charge in [0.05, 0.1) is 6.33 Å². The maximum absolute atomic E-state index is 5.78. The molecule has 2 heterocycles. The van der Waals surface area contributed by atoms with E-state index in [1.807, 2.05) is 28.9 Å². The van der Waals surface area contributed by atoms with Crippen molar-refractivity contribution in [2.75, 3.05) is 23.2 Å². The van der Waals surface area contributed by atoms with E-state index in [9.17, 15) is 0 Å². The molecule has 0 saturated heterocycles. The number of alkyl halides is 2. The van der Waals surface area contributed by atoms with Gasteiger partial charge in [0.2, 0.25) is 5.95 Å². The highest BCUT2D eigenvalue weighted by Crippen LogP contribution is 2.25. The molecule has 2 aromatic heterocycles. The summed E-state index contributed by atoms with van der Waals surface area (Å²) >= 11 is 12.8. The summed E-state index contributed by atoms with van der Waals surface area (Å²) in [4.78, 5) is 12.9. The summed E-state index contributed by atoms with van der Waals surface area (Å²) in [5, 5.41) is 0.775. The van der Waals surface area contributed by atoms with Crippen molar-refractivity contribution in [2.45, 2.75) is 11.6 Å². The Labute approximate surface area is 137 Å². The van der Waals surface area contributed by atoms with Crippen LogP contribution in [0, 0.1) is 0 Å². The summed E-state index contributed by atoms with van der Waals surface area (Å²) in [7, 11) is 0. The highest BCUT2D eigenvalue weighted by molar-refractivity contribution is 7.99. The highest BCUT2D eigenvalue weighted by Gasteiger charge is 2.11. The number of thioether (sulfide) groups is 1. The van der Waals surface area contributed by atoms with E-state index < -0.39 is 0 Å². The van der Waals surface area contributed by atoms with Crippen LogP contribution in [0.2, 0.25) is 0 Å². The number of rotatable bonds is 7. The minimum Gasteiger partial charge on any atom is -0.368 e. The first kappa shape index (κ1) is 16.1. The molecule has 8 heteroatoms. The summed E-state index contributed by atoms with van der Waals surface area (Å²) in [6.45, 7) is 0.649. The van der Waals surface area contributed by atoms with Gasteiger partial charge in [-0.25, -0.2) is 9.97 Å². The van der Waals surface area contributed by atoms with Crippen LogP contribution in [0.25, 0.3) is 11.2 Å². The molecule has 0 fully saturated rings. The number of imidazole rings is 1. The van der Waals surface area contributed by atoms with Crippen molar-refractivity contribution in [3.05, 3.63) is 30.6 Å². The summed E-state index contributed by atoms with van der Waals surface area (Å²) in [5.74, 6) is 1.99.